The van der Waals surface area contributed by atoms with Gasteiger partial charge in [0.15, 0.2) is 0 Å². The quantitative estimate of drug-likeness (QED) is 0.773. The maximum atomic E-state index is 13.2. The lowest BCUT2D eigenvalue weighted by atomic mass is 9.85. The van der Waals surface area contributed by atoms with Crippen LogP contribution in [0.4, 0.5) is 0 Å². The molecule has 0 aliphatic carbocycles. The number of aryl methyl sites for hydroxylation is 1. The van der Waals surface area contributed by atoms with Crippen LogP contribution >= 0.6 is 0 Å². The maximum absolute atomic E-state index is 13.2. The summed E-state index contributed by atoms with van der Waals surface area (Å²) in [5.41, 5.74) is 1.22. The van der Waals surface area contributed by atoms with Gasteiger partial charge < -0.3 is 4.74 Å². The number of nitrogens with zero attached hydrogens (tertiary/aromatic N) is 5. The van der Waals surface area contributed by atoms with Crippen molar-refractivity contribution in [1.82, 2.24) is 24.1 Å². The molecule has 2 aromatic rings. The summed E-state index contributed by atoms with van der Waals surface area (Å²) in [6, 6.07) is 0. The van der Waals surface area contributed by atoms with E-state index in [0.717, 1.165) is 36.3 Å². The SMILES string of the molecule is CCn1cc(S(=O)(=O)N2CCCC3(C2)OCCc2cnc(C(C)C)nc23)cn1. The molecule has 8 nitrogen and oxygen atoms in total. The standard InChI is InChI=1S/C19H27N5O3S/c1-4-23-12-16(11-21-23)28(25,26)24-8-5-7-19(13-24)17-15(6-9-27-19)10-20-18(22-17)14(2)3/h10-12,14H,4-9,13H2,1-3H3. The largest absolute Gasteiger partial charge is 0.367 e. The Kier molecular flexibility index (Phi) is 5.01. The summed E-state index contributed by atoms with van der Waals surface area (Å²) in [6.07, 6.45) is 7.14. The van der Waals surface area contributed by atoms with Crippen LogP contribution in [-0.4, -0.2) is 52.2 Å². The van der Waals surface area contributed by atoms with Gasteiger partial charge in [0.25, 0.3) is 0 Å². The van der Waals surface area contributed by atoms with Crippen LogP contribution in [0.1, 0.15) is 56.6 Å². The topological polar surface area (TPSA) is 90.2 Å². The van der Waals surface area contributed by atoms with Gasteiger partial charge in [0.2, 0.25) is 10.0 Å². The second-order valence-electron chi connectivity index (χ2n) is 7.82. The van der Waals surface area contributed by atoms with E-state index in [9.17, 15) is 8.42 Å². The molecule has 1 spiro atoms. The van der Waals surface area contributed by atoms with Crippen LogP contribution < -0.4 is 0 Å². The first kappa shape index (κ1) is 19.5. The van der Waals surface area contributed by atoms with Gasteiger partial charge in [0.05, 0.1) is 18.5 Å². The molecule has 152 valence electrons. The lowest BCUT2D eigenvalue weighted by Crippen LogP contribution is -2.52. The molecule has 2 aliphatic heterocycles. The number of hydrogen-bond donors (Lipinski definition) is 0. The minimum Gasteiger partial charge on any atom is -0.367 e. The van der Waals surface area contributed by atoms with E-state index < -0.39 is 15.6 Å². The molecule has 0 radical (unpaired) electrons. The third-order valence-corrected chi connectivity index (χ3v) is 7.37. The van der Waals surface area contributed by atoms with Crippen LogP contribution in [0.25, 0.3) is 0 Å². The van der Waals surface area contributed by atoms with Crippen molar-refractivity contribution < 1.29 is 13.2 Å². The lowest BCUT2D eigenvalue weighted by Gasteiger charge is -2.44. The molecular weight excluding hydrogens is 378 g/mol. The molecule has 1 atom stereocenters. The summed E-state index contributed by atoms with van der Waals surface area (Å²) in [4.78, 5) is 9.54. The molecule has 4 heterocycles. The van der Waals surface area contributed by atoms with Gasteiger partial charge in [-0.3, -0.25) is 4.68 Å². The highest BCUT2D eigenvalue weighted by atomic mass is 32.2. The fourth-order valence-corrected chi connectivity index (χ4v) is 5.48. The lowest BCUT2D eigenvalue weighted by molar-refractivity contribution is -0.0936. The highest BCUT2D eigenvalue weighted by Gasteiger charge is 2.46. The maximum Gasteiger partial charge on any atom is 0.246 e. The van der Waals surface area contributed by atoms with E-state index in [2.05, 4.69) is 23.9 Å². The summed E-state index contributed by atoms with van der Waals surface area (Å²) in [6.45, 7) is 7.97. The molecule has 2 aromatic heterocycles. The first-order valence-corrected chi connectivity index (χ1v) is 11.3. The minimum absolute atomic E-state index is 0.201. The van der Waals surface area contributed by atoms with Gasteiger partial charge in [-0.15, -0.1) is 0 Å². The number of piperidine rings is 1. The highest BCUT2D eigenvalue weighted by Crippen LogP contribution is 2.40. The summed E-state index contributed by atoms with van der Waals surface area (Å²) >= 11 is 0. The number of rotatable bonds is 4. The molecule has 0 saturated carbocycles. The second-order valence-corrected chi connectivity index (χ2v) is 9.76. The second kappa shape index (κ2) is 7.20. The van der Waals surface area contributed by atoms with Crippen molar-refractivity contribution in [2.45, 2.75) is 63.0 Å². The number of hydrogen-bond acceptors (Lipinski definition) is 6. The van der Waals surface area contributed by atoms with Gasteiger partial charge in [-0.25, -0.2) is 18.4 Å². The molecule has 1 saturated heterocycles. The van der Waals surface area contributed by atoms with E-state index in [1.54, 1.807) is 10.9 Å². The Morgan fingerprint density at radius 3 is 2.86 bits per heavy atom. The Morgan fingerprint density at radius 1 is 1.32 bits per heavy atom. The van der Waals surface area contributed by atoms with Crippen molar-refractivity contribution in [3.8, 4) is 0 Å². The van der Waals surface area contributed by atoms with Gasteiger partial charge >= 0.3 is 0 Å². The molecule has 28 heavy (non-hydrogen) atoms. The average molecular weight is 406 g/mol. The van der Waals surface area contributed by atoms with E-state index in [4.69, 9.17) is 9.72 Å². The molecule has 0 bridgehead atoms. The van der Waals surface area contributed by atoms with Gasteiger partial charge in [-0.05, 0) is 31.7 Å². The predicted octanol–water partition coefficient (Wildman–Crippen LogP) is 2.07. The number of ether oxygens (including phenoxy) is 1. The number of aromatic nitrogens is 4. The minimum atomic E-state index is -3.63. The van der Waals surface area contributed by atoms with E-state index >= 15 is 0 Å². The van der Waals surface area contributed by atoms with Crippen LogP contribution in [0.3, 0.4) is 0 Å². The molecule has 4 rings (SSSR count). The summed E-state index contributed by atoms with van der Waals surface area (Å²) in [5.74, 6) is 0.973. The van der Waals surface area contributed by atoms with Crippen LogP contribution in [0, 0.1) is 0 Å². The van der Waals surface area contributed by atoms with Crippen molar-refractivity contribution in [1.29, 1.82) is 0 Å². The molecule has 1 fully saturated rings. The Bertz CT molecular complexity index is 972. The normalized spacial score (nSPS) is 23.3. The monoisotopic (exact) mass is 405 g/mol. The van der Waals surface area contributed by atoms with E-state index in [1.807, 2.05) is 13.1 Å². The summed E-state index contributed by atoms with van der Waals surface area (Å²) < 4.78 is 35.8. The zero-order chi connectivity index (χ0) is 19.9. The van der Waals surface area contributed by atoms with E-state index in [1.165, 1.54) is 10.5 Å². The van der Waals surface area contributed by atoms with Crippen LogP contribution in [0.15, 0.2) is 23.5 Å². The highest BCUT2D eigenvalue weighted by molar-refractivity contribution is 7.89. The average Bonchev–Trinajstić information content (AvgIpc) is 3.18. The van der Waals surface area contributed by atoms with Crippen molar-refractivity contribution in [3.63, 3.8) is 0 Å². The van der Waals surface area contributed by atoms with E-state index in [0.29, 0.717) is 19.7 Å². The number of fused-ring (bicyclic) bond motifs is 2. The van der Waals surface area contributed by atoms with Gasteiger partial charge in [0.1, 0.15) is 16.3 Å². The fourth-order valence-electron chi connectivity index (χ4n) is 4.00. The van der Waals surface area contributed by atoms with Crippen LogP contribution in [-0.2, 0) is 33.3 Å². The van der Waals surface area contributed by atoms with Crippen molar-refractivity contribution in [3.05, 3.63) is 35.7 Å². The third kappa shape index (κ3) is 3.25. The van der Waals surface area contributed by atoms with Gasteiger partial charge in [-0.1, -0.05) is 13.8 Å². The smallest absolute Gasteiger partial charge is 0.246 e. The molecule has 0 N–H and O–H groups in total. The van der Waals surface area contributed by atoms with Crippen molar-refractivity contribution >= 4 is 10.0 Å². The molecule has 0 amide bonds. The first-order valence-electron chi connectivity index (χ1n) is 9.88. The van der Waals surface area contributed by atoms with E-state index in [-0.39, 0.29) is 17.4 Å². The van der Waals surface area contributed by atoms with Gasteiger partial charge in [0, 0.05) is 37.9 Å². The van der Waals surface area contributed by atoms with Crippen molar-refractivity contribution in [2.24, 2.45) is 0 Å². The molecular formula is C19H27N5O3S. The summed E-state index contributed by atoms with van der Waals surface area (Å²) in [5, 5.41) is 4.13. The molecule has 2 aliphatic rings. The zero-order valence-corrected chi connectivity index (χ0v) is 17.4. The fraction of sp³-hybridized carbons (Fsp3) is 0.632. The predicted molar refractivity (Wildman–Crippen MR) is 103 cm³/mol. The number of sulfonamides is 1. The summed E-state index contributed by atoms with van der Waals surface area (Å²) in [7, 11) is -3.63. The third-order valence-electron chi connectivity index (χ3n) is 5.57. The van der Waals surface area contributed by atoms with Crippen LogP contribution in [0.2, 0.25) is 0 Å². The Morgan fingerprint density at radius 2 is 2.14 bits per heavy atom. The van der Waals surface area contributed by atoms with Crippen LogP contribution in [0.5, 0.6) is 0 Å². The Labute approximate surface area is 166 Å². The molecule has 0 aromatic carbocycles. The van der Waals surface area contributed by atoms with Gasteiger partial charge in [-0.2, -0.15) is 9.40 Å². The molecule has 9 heteroatoms. The zero-order valence-electron chi connectivity index (χ0n) is 16.6. The Hall–Kier alpha value is -1.84. The molecule has 1 unspecified atom stereocenters. The van der Waals surface area contributed by atoms with Crippen molar-refractivity contribution in [2.75, 3.05) is 19.7 Å². The first-order chi connectivity index (χ1) is 13.4. The Balaban J connectivity index is 1.70.